The summed E-state index contributed by atoms with van der Waals surface area (Å²) < 4.78 is 2.36. The monoisotopic (exact) mass is 361 g/mol. The van der Waals surface area contributed by atoms with Crippen molar-refractivity contribution in [3.8, 4) is 0 Å². The van der Waals surface area contributed by atoms with Gasteiger partial charge in [-0.05, 0) is 55.2 Å². The molecule has 140 valence electrons. The van der Waals surface area contributed by atoms with Gasteiger partial charge in [-0.25, -0.2) is 4.79 Å². The van der Waals surface area contributed by atoms with Crippen LogP contribution in [0.1, 0.15) is 55.8 Å². The molecule has 1 atom stereocenters. The smallest absolute Gasteiger partial charge is 0.328 e. The van der Waals surface area contributed by atoms with Gasteiger partial charge in [0.15, 0.2) is 0 Å². The van der Waals surface area contributed by atoms with Gasteiger partial charge in [0.05, 0.1) is 6.04 Å². The van der Waals surface area contributed by atoms with Gasteiger partial charge >= 0.3 is 5.97 Å². The summed E-state index contributed by atoms with van der Waals surface area (Å²) in [5, 5.41) is 10.1. The molecule has 3 aromatic rings. The van der Waals surface area contributed by atoms with E-state index in [4.69, 9.17) is 5.11 Å². The van der Waals surface area contributed by atoms with Crippen molar-refractivity contribution >= 4 is 22.4 Å². The molecule has 3 rings (SSSR count). The van der Waals surface area contributed by atoms with Crippen molar-refractivity contribution in [2.45, 2.75) is 46.1 Å². The lowest BCUT2D eigenvalue weighted by molar-refractivity contribution is -0.131. The van der Waals surface area contributed by atoms with Gasteiger partial charge in [-0.15, -0.1) is 0 Å². The summed E-state index contributed by atoms with van der Waals surface area (Å²) in [4.78, 5) is 10.9. The van der Waals surface area contributed by atoms with E-state index in [0.717, 1.165) is 22.9 Å². The highest BCUT2D eigenvalue weighted by Gasteiger charge is 2.15. The van der Waals surface area contributed by atoms with Crippen LogP contribution in [-0.4, -0.2) is 15.6 Å². The quantitative estimate of drug-likeness (QED) is 0.508. The highest BCUT2D eigenvalue weighted by Crippen LogP contribution is 2.31. The summed E-state index contributed by atoms with van der Waals surface area (Å²) in [6.07, 6.45) is 6.87. The Labute approximate surface area is 161 Å². The minimum absolute atomic E-state index is 0.310. The van der Waals surface area contributed by atoms with Crippen molar-refractivity contribution in [3.63, 3.8) is 0 Å². The van der Waals surface area contributed by atoms with E-state index in [1.54, 1.807) is 0 Å². The van der Waals surface area contributed by atoms with Crippen LogP contribution in [0.25, 0.3) is 16.5 Å². The van der Waals surface area contributed by atoms with Crippen molar-refractivity contribution < 1.29 is 9.90 Å². The molecular weight excluding hydrogens is 334 g/mol. The first-order valence-electron chi connectivity index (χ1n) is 9.58. The number of rotatable bonds is 7. The molecule has 0 radical (unpaired) electrons. The number of carbonyl (C=O) groups is 1. The Kier molecular flexibility index (Phi) is 5.80. The van der Waals surface area contributed by atoms with Crippen molar-refractivity contribution in [1.82, 2.24) is 4.57 Å². The molecule has 3 nitrogen and oxygen atoms in total. The summed E-state index contributed by atoms with van der Waals surface area (Å²) in [5.74, 6) is -0.913. The standard InChI is InChI=1S/C24H27NO2/c1-4-5-6-22(19-9-7-17(2)8-10-19)25-14-13-21-16-20(11-12-23(21)25)18(3)15-24(26)27/h7-16,22H,4-6H2,1-3H3,(H,26,27). The number of hydrogen-bond donors (Lipinski definition) is 1. The van der Waals surface area contributed by atoms with Crippen LogP contribution in [0.5, 0.6) is 0 Å². The number of carboxylic acids is 1. The van der Waals surface area contributed by atoms with Crippen LogP contribution in [0.4, 0.5) is 0 Å². The topological polar surface area (TPSA) is 42.2 Å². The number of carboxylic acid groups (broad SMARTS) is 1. The van der Waals surface area contributed by atoms with E-state index >= 15 is 0 Å². The van der Waals surface area contributed by atoms with E-state index in [9.17, 15) is 4.79 Å². The predicted molar refractivity (Wildman–Crippen MR) is 112 cm³/mol. The van der Waals surface area contributed by atoms with Crippen molar-refractivity contribution in [2.75, 3.05) is 0 Å². The van der Waals surface area contributed by atoms with Crippen molar-refractivity contribution in [1.29, 1.82) is 0 Å². The van der Waals surface area contributed by atoms with Gasteiger partial charge in [-0.2, -0.15) is 0 Å². The Morgan fingerprint density at radius 2 is 1.89 bits per heavy atom. The number of fused-ring (bicyclic) bond motifs is 1. The highest BCUT2D eigenvalue weighted by molar-refractivity contribution is 5.92. The lowest BCUT2D eigenvalue weighted by Gasteiger charge is -2.21. The molecule has 0 bridgehead atoms. The summed E-state index contributed by atoms with van der Waals surface area (Å²) in [7, 11) is 0. The maximum absolute atomic E-state index is 10.9. The Morgan fingerprint density at radius 1 is 1.15 bits per heavy atom. The maximum atomic E-state index is 10.9. The second-order valence-corrected chi connectivity index (χ2v) is 7.23. The molecule has 0 spiro atoms. The molecule has 0 saturated heterocycles. The summed E-state index contributed by atoms with van der Waals surface area (Å²) >= 11 is 0. The number of allylic oxidation sites excluding steroid dienone is 1. The molecular formula is C24H27NO2. The number of nitrogens with zero attached hydrogens (tertiary/aromatic N) is 1. The number of aryl methyl sites for hydroxylation is 1. The summed E-state index contributed by atoms with van der Waals surface area (Å²) in [6, 6.07) is 17.5. The van der Waals surface area contributed by atoms with Gasteiger partial charge in [0.25, 0.3) is 0 Å². The Morgan fingerprint density at radius 3 is 2.56 bits per heavy atom. The normalized spacial score (nSPS) is 13.1. The fourth-order valence-corrected chi connectivity index (χ4v) is 3.60. The van der Waals surface area contributed by atoms with Crippen molar-refractivity contribution in [3.05, 3.63) is 77.5 Å². The first kappa shape index (κ1) is 19.0. The van der Waals surface area contributed by atoms with Gasteiger partial charge in [0.2, 0.25) is 0 Å². The lowest BCUT2D eigenvalue weighted by atomic mass is 9.99. The summed E-state index contributed by atoms with van der Waals surface area (Å²) in [6.45, 7) is 6.18. The van der Waals surface area contributed by atoms with Gasteiger partial charge in [-0.1, -0.05) is 55.7 Å². The molecule has 2 aromatic carbocycles. The van der Waals surface area contributed by atoms with Gasteiger partial charge in [0.1, 0.15) is 0 Å². The minimum Gasteiger partial charge on any atom is -0.478 e. The van der Waals surface area contributed by atoms with E-state index < -0.39 is 5.97 Å². The van der Waals surface area contributed by atoms with E-state index in [1.807, 2.05) is 13.0 Å². The predicted octanol–water partition coefficient (Wildman–Crippen LogP) is 6.22. The molecule has 1 N–H and O–H groups in total. The van der Waals surface area contributed by atoms with E-state index in [0.29, 0.717) is 6.04 Å². The third-order valence-corrected chi connectivity index (χ3v) is 5.14. The molecule has 0 aliphatic heterocycles. The van der Waals surface area contributed by atoms with E-state index in [-0.39, 0.29) is 0 Å². The molecule has 0 saturated carbocycles. The Bertz CT molecular complexity index is 964. The Balaban J connectivity index is 2.02. The van der Waals surface area contributed by atoms with Crippen LogP contribution in [0.15, 0.2) is 60.8 Å². The number of aromatic nitrogens is 1. The van der Waals surface area contributed by atoms with E-state index in [1.165, 1.54) is 35.6 Å². The molecule has 0 aliphatic carbocycles. The van der Waals surface area contributed by atoms with Gasteiger partial charge in [-0.3, -0.25) is 0 Å². The maximum Gasteiger partial charge on any atom is 0.328 e. The molecule has 0 amide bonds. The van der Waals surface area contributed by atoms with Gasteiger partial charge in [0, 0.05) is 23.2 Å². The average molecular weight is 361 g/mol. The largest absolute Gasteiger partial charge is 0.478 e. The second-order valence-electron chi connectivity index (χ2n) is 7.23. The van der Waals surface area contributed by atoms with Crippen LogP contribution >= 0.6 is 0 Å². The molecule has 27 heavy (non-hydrogen) atoms. The fourth-order valence-electron chi connectivity index (χ4n) is 3.60. The minimum atomic E-state index is -0.913. The lowest BCUT2D eigenvalue weighted by Crippen LogP contribution is -2.09. The first-order valence-corrected chi connectivity index (χ1v) is 9.58. The third kappa shape index (κ3) is 4.30. The second kappa shape index (κ2) is 8.26. The summed E-state index contributed by atoms with van der Waals surface area (Å²) in [5.41, 5.74) is 5.50. The van der Waals surface area contributed by atoms with E-state index in [2.05, 4.69) is 67.1 Å². The van der Waals surface area contributed by atoms with Crippen molar-refractivity contribution in [2.24, 2.45) is 0 Å². The van der Waals surface area contributed by atoms with Crippen LogP contribution in [-0.2, 0) is 4.79 Å². The number of hydrogen-bond acceptors (Lipinski definition) is 1. The Hall–Kier alpha value is -2.81. The number of benzene rings is 2. The molecule has 0 fully saturated rings. The fraction of sp³-hybridized carbons (Fsp3) is 0.292. The SMILES string of the molecule is CCCCC(c1ccc(C)cc1)n1ccc2cc(C(C)=CC(=O)O)ccc21. The zero-order chi connectivity index (χ0) is 19.4. The molecule has 1 heterocycles. The number of unbranched alkanes of at least 4 members (excludes halogenated alkanes) is 1. The van der Waals surface area contributed by atoms with Crippen LogP contribution in [0, 0.1) is 6.92 Å². The highest BCUT2D eigenvalue weighted by atomic mass is 16.4. The average Bonchev–Trinajstić information content (AvgIpc) is 3.06. The first-order chi connectivity index (χ1) is 13.0. The third-order valence-electron chi connectivity index (χ3n) is 5.14. The molecule has 1 aromatic heterocycles. The zero-order valence-corrected chi connectivity index (χ0v) is 16.3. The van der Waals surface area contributed by atoms with Crippen LogP contribution in [0.2, 0.25) is 0 Å². The molecule has 3 heteroatoms. The van der Waals surface area contributed by atoms with Crippen LogP contribution < -0.4 is 0 Å². The van der Waals surface area contributed by atoms with Gasteiger partial charge < -0.3 is 9.67 Å². The number of aliphatic carboxylic acids is 1. The zero-order valence-electron chi connectivity index (χ0n) is 16.3. The molecule has 0 aliphatic rings. The molecule has 1 unspecified atom stereocenters. The van der Waals surface area contributed by atoms with Crippen LogP contribution in [0.3, 0.4) is 0 Å².